The molecule has 1 N–H and O–H groups in total. The number of fused-ring (bicyclic) bond motifs is 1. The molecule has 0 aromatic carbocycles. The largest absolute Gasteiger partial charge is 0.373 e. The quantitative estimate of drug-likeness (QED) is 0.683. The average molecular weight is 290 g/mol. The Labute approximate surface area is 124 Å². The number of aromatic nitrogens is 1. The van der Waals surface area contributed by atoms with Crippen molar-refractivity contribution in [3.63, 3.8) is 0 Å². The Hall–Kier alpha value is -1.85. The molecule has 1 aliphatic carbocycles. The first-order chi connectivity index (χ1) is 10.2. The SMILES string of the molecule is CNc1ccc([N+](=O)[O-])c(N2CCCC3CCCCC32)n1. The molecule has 0 spiro atoms. The zero-order valence-corrected chi connectivity index (χ0v) is 12.4. The van der Waals surface area contributed by atoms with E-state index in [0.717, 1.165) is 19.4 Å². The van der Waals surface area contributed by atoms with E-state index in [4.69, 9.17) is 0 Å². The van der Waals surface area contributed by atoms with Gasteiger partial charge < -0.3 is 10.2 Å². The van der Waals surface area contributed by atoms with E-state index in [1.165, 1.54) is 25.7 Å². The van der Waals surface area contributed by atoms with Crippen molar-refractivity contribution in [1.29, 1.82) is 0 Å². The van der Waals surface area contributed by atoms with Crippen molar-refractivity contribution in [3.05, 3.63) is 22.2 Å². The molecule has 1 aliphatic heterocycles. The van der Waals surface area contributed by atoms with Crippen LogP contribution >= 0.6 is 0 Å². The Balaban J connectivity index is 1.98. The van der Waals surface area contributed by atoms with Gasteiger partial charge in [-0.1, -0.05) is 12.8 Å². The van der Waals surface area contributed by atoms with Crippen LogP contribution in [0.2, 0.25) is 0 Å². The second-order valence-electron chi connectivity index (χ2n) is 5.99. The Bertz CT molecular complexity index is 532. The first kappa shape index (κ1) is 14.1. The predicted molar refractivity (Wildman–Crippen MR) is 82.8 cm³/mol. The van der Waals surface area contributed by atoms with Crippen molar-refractivity contribution in [1.82, 2.24) is 4.98 Å². The maximum atomic E-state index is 11.3. The number of piperidine rings is 1. The number of nitrogens with one attached hydrogen (secondary N) is 1. The van der Waals surface area contributed by atoms with Crippen molar-refractivity contribution in [2.24, 2.45) is 5.92 Å². The highest BCUT2D eigenvalue weighted by molar-refractivity contribution is 5.62. The number of nitrogens with zero attached hydrogens (tertiary/aromatic N) is 3. The van der Waals surface area contributed by atoms with E-state index in [1.54, 1.807) is 19.2 Å². The maximum Gasteiger partial charge on any atom is 0.311 e. The van der Waals surface area contributed by atoms with E-state index in [9.17, 15) is 10.1 Å². The van der Waals surface area contributed by atoms with Crippen LogP contribution < -0.4 is 10.2 Å². The third kappa shape index (κ3) is 2.66. The van der Waals surface area contributed by atoms with E-state index in [0.29, 0.717) is 23.6 Å². The topological polar surface area (TPSA) is 71.3 Å². The number of pyridine rings is 1. The molecule has 2 heterocycles. The number of hydrogen-bond donors (Lipinski definition) is 1. The van der Waals surface area contributed by atoms with Gasteiger partial charge in [0.05, 0.1) is 4.92 Å². The molecule has 2 fully saturated rings. The monoisotopic (exact) mass is 290 g/mol. The second-order valence-corrected chi connectivity index (χ2v) is 5.99. The van der Waals surface area contributed by atoms with Crippen LogP contribution in [-0.2, 0) is 0 Å². The normalized spacial score (nSPS) is 25.3. The molecule has 0 radical (unpaired) electrons. The summed E-state index contributed by atoms with van der Waals surface area (Å²) >= 11 is 0. The fraction of sp³-hybridized carbons (Fsp3) is 0.667. The standard InChI is InChI=1S/C15H22N4O2/c1-16-14-9-8-13(19(20)21)15(17-14)18-10-4-6-11-5-2-3-7-12(11)18/h8-9,11-12H,2-7,10H2,1H3,(H,16,17). The predicted octanol–water partition coefficient (Wildman–Crippen LogP) is 3.19. The zero-order valence-electron chi connectivity index (χ0n) is 12.4. The van der Waals surface area contributed by atoms with Gasteiger partial charge in [0, 0.05) is 25.7 Å². The first-order valence-electron chi connectivity index (χ1n) is 7.80. The maximum absolute atomic E-state index is 11.3. The Morgan fingerprint density at radius 1 is 1.29 bits per heavy atom. The molecular formula is C15H22N4O2. The van der Waals surface area contributed by atoms with Crippen LogP contribution in [0.1, 0.15) is 38.5 Å². The fourth-order valence-corrected chi connectivity index (χ4v) is 3.82. The Kier molecular flexibility index (Phi) is 3.94. The van der Waals surface area contributed by atoms with Crippen molar-refractivity contribution in [2.45, 2.75) is 44.6 Å². The van der Waals surface area contributed by atoms with Crippen molar-refractivity contribution in [2.75, 3.05) is 23.8 Å². The molecule has 2 atom stereocenters. The summed E-state index contributed by atoms with van der Waals surface area (Å²) in [4.78, 5) is 17.7. The van der Waals surface area contributed by atoms with Gasteiger partial charge in [0.1, 0.15) is 5.82 Å². The number of hydrogen-bond acceptors (Lipinski definition) is 5. The van der Waals surface area contributed by atoms with E-state index in [1.807, 2.05) is 0 Å². The minimum atomic E-state index is -0.311. The summed E-state index contributed by atoms with van der Waals surface area (Å²) in [7, 11) is 1.79. The summed E-state index contributed by atoms with van der Waals surface area (Å²) in [5.41, 5.74) is 0.125. The molecular weight excluding hydrogens is 268 g/mol. The van der Waals surface area contributed by atoms with Crippen molar-refractivity contribution >= 4 is 17.3 Å². The number of nitro groups is 1. The van der Waals surface area contributed by atoms with Gasteiger partial charge in [0.15, 0.2) is 0 Å². The molecule has 2 unspecified atom stereocenters. The zero-order chi connectivity index (χ0) is 14.8. The highest BCUT2D eigenvalue weighted by Gasteiger charge is 2.36. The molecule has 1 saturated carbocycles. The van der Waals surface area contributed by atoms with Crippen LogP contribution in [0.3, 0.4) is 0 Å². The Morgan fingerprint density at radius 3 is 2.81 bits per heavy atom. The van der Waals surface area contributed by atoms with Crippen LogP contribution in [0.5, 0.6) is 0 Å². The van der Waals surface area contributed by atoms with Crippen LogP contribution in [-0.4, -0.2) is 29.5 Å². The van der Waals surface area contributed by atoms with E-state index in [2.05, 4.69) is 15.2 Å². The minimum Gasteiger partial charge on any atom is -0.373 e. The lowest BCUT2D eigenvalue weighted by Crippen LogP contribution is -2.47. The van der Waals surface area contributed by atoms with Crippen molar-refractivity contribution < 1.29 is 4.92 Å². The van der Waals surface area contributed by atoms with Gasteiger partial charge in [-0.3, -0.25) is 10.1 Å². The molecule has 2 aliphatic rings. The van der Waals surface area contributed by atoms with E-state index >= 15 is 0 Å². The number of anilines is 2. The lowest BCUT2D eigenvalue weighted by atomic mass is 9.78. The van der Waals surface area contributed by atoms with Gasteiger partial charge in [0.2, 0.25) is 5.82 Å². The van der Waals surface area contributed by atoms with E-state index in [-0.39, 0.29) is 10.6 Å². The summed E-state index contributed by atoms with van der Waals surface area (Å²) in [6.45, 7) is 0.877. The lowest BCUT2D eigenvalue weighted by Gasteiger charge is -2.44. The van der Waals surface area contributed by atoms with Crippen LogP contribution in [0.4, 0.5) is 17.3 Å². The third-order valence-corrected chi connectivity index (χ3v) is 4.82. The third-order valence-electron chi connectivity index (χ3n) is 4.82. The molecule has 1 aromatic rings. The molecule has 0 bridgehead atoms. The van der Waals surface area contributed by atoms with Crippen molar-refractivity contribution in [3.8, 4) is 0 Å². The summed E-state index contributed by atoms with van der Waals surface area (Å²) in [6, 6.07) is 3.66. The summed E-state index contributed by atoms with van der Waals surface area (Å²) in [5.74, 6) is 1.91. The average Bonchev–Trinajstić information content (AvgIpc) is 2.53. The molecule has 6 nitrogen and oxygen atoms in total. The summed E-state index contributed by atoms with van der Waals surface area (Å²) in [6.07, 6.45) is 7.25. The molecule has 21 heavy (non-hydrogen) atoms. The van der Waals surface area contributed by atoms with Gasteiger partial charge in [-0.25, -0.2) is 4.98 Å². The molecule has 6 heteroatoms. The first-order valence-corrected chi connectivity index (χ1v) is 7.80. The Morgan fingerprint density at radius 2 is 2.05 bits per heavy atom. The molecule has 3 rings (SSSR count). The van der Waals surface area contributed by atoms with Gasteiger partial charge in [-0.05, 0) is 37.7 Å². The van der Waals surface area contributed by atoms with Gasteiger partial charge >= 0.3 is 5.69 Å². The van der Waals surface area contributed by atoms with Gasteiger partial charge in [0.25, 0.3) is 0 Å². The lowest BCUT2D eigenvalue weighted by molar-refractivity contribution is -0.384. The van der Waals surface area contributed by atoms with E-state index < -0.39 is 0 Å². The molecule has 1 aromatic heterocycles. The molecule has 0 amide bonds. The van der Waals surface area contributed by atoms with Gasteiger partial charge in [-0.15, -0.1) is 0 Å². The molecule has 1 saturated heterocycles. The van der Waals surface area contributed by atoms with Gasteiger partial charge in [-0.2, -0.15) is 0 Å². The highest BCUT2D eigenvalue weighted by Crippen LogP contribution is 2.40. The summed E-state index contributed by atoms with van der Waals surface area (Å²) in [5, 5.41) is 14.3. The molecule has 114 valence electrons. The minimum absolute atomic E-state index is 0.125. The van der Waals surface area contributed by atoms with Crippen LogP contribution in [0.15, 0.2) is 12.1 Å². The smallest absolute Gasteiger partial charge is 0.311 e. The van der Waals surface area contributed by atoms with Crippen LogP contribution in [0.25, 0.3) is 0 Å². The highest BCUT2D eigenvalue weighted by atomic mass is 16.6. The number of rotatable bonds is 3. The fourth-order valence-electron chi connectivity index (χ4n) is 3.82. The summed E-state index contributed by atoms with van der Waals surface area (Å²) < 4.78 is 0. The van der Waals surface area contributed by atoms with Crippen LogP contribution in [0, 0.1) is 16.0 Å². The second kappa shape index (κ2) is 5.87.